The topological polar surface area (TPSA) is 27.7 Å². The first-order chi connectivity index (χ1) is 9.28. The third-order valence-corrected chi connectivity index (χ3v) is 3.15. The summed E-state index contributed by atoms with van der Waals surface area (Å²) in [6.07, 6.45) is 7.06. The van der Waals surface area contributed by atoms with E-state index in [2.05, 4.69) is 12.2 Å². The van der Waals surface area contributed by atoms with E-state index >= 15 is 0 Å². The number of methoxy groups -OCH3 is 2. The molecule has 1 aromatic rings. The summed E-state index contributed by atoms with van der Waals surface area (Å²) in [4.78, 5) is 0. The van der Waals surface area contributed by atoms with Crippen LogP contribution in [0.3, 0.4) is 0 Å². The third kappa shape index (κ3) is 3.69. The van der Waals surface area contributed by atoms with Gasteiger partial charge in [0, 0.05) is 19.6 Å². The first-order valence-electron chi connectivity index (χ1n) is 6.38. The van der Waals surface area contributed by atoms with E-state index in [1.807, 2.05) is 36.4 Å². The molecule has 1 aliphatic rings. The van der Waals surface area contributed by atoms with Crippen LogP contribution in [0.15, 0.2) is 54.3 Å². The minimum Gasteiger partial charge on any atom is -0.458 e. The number of hydrogen-bond donors (Lipinski definition) is 0. The second-order valence-electron chi connectivity index (χ2n) is 4.79. The molecular weight excluding hydrogens is 240 g/mol. The summed E-state index contributed by atoms with van der Waals surface area (Å²) >= 11 is 0. The average Bonchev–Trinajstić information content (AvgIpc) is 2.43. The zero-order valence-electron chi connectivity index (χ0n) is 11.5. The van der Waals surface area contributed by atoms with E-state index < -0.39 is 0 Å². The maximum Gasteiger partial charge on any atom is 0.127 e. The van der Waals surface area contributed by atoms with Gasteiger partial charge in [0.05, 0.1) is 13.2 Å². The largest absolute Gasteiger partial charge is 0.458 e. The van der Waals surface area contributed by atoms with Gasteiger partial charge in [-0.1, -0.05) is 24.3 Å². The van der Waals surface area contributed by atoms with Crippen molar-refractivity contribution in [3.05, 3.63) is 54.3 Å². The van der Waals surface area contributed by atoms with Crippen LogP contribution in [-0.4, -0.2) is 27.4 Å². The fraction of sp³-hybridized carbons (Fsp3) is 0.375. The Hall–Kier alpha value is -1.58. The molecular formula is C16H20O3. The molecule has 1 aromatic carbocycles. The van der Waals surface area contributed by atoms with Gasteiger partial charge in [0.1, 0.15) is 11.5 Å². The van der Waals surface area contributed by atoms with Crippen molar-refractivity contribution in [2.75, 3.05) is 27.4 Å². The zero-order valence-corrected chi connectivity index (χ0v) is 11.5. The number of allylic oxidation sites excluding steroid dienone is 2. The predicted molar refractivity (Wildman–Crippen MR) is 75.1 cm³/mol. The second kappa shape index (κ2) is 6.55. The first kappa shape index (κ1) is 13.8. The van der Waals surface area contributed by atoms with Crippen LogP contribution in [0.5, 0.6) is 5.75 Å². The fourth-order valence-electron chi connectivity index (χ4n) is 2.23. The molecule has 0 amide bonds. The van der Waals surface area contributed by atoms with E-state index in [-0.39, 0.29) is 5.41 Å². The molecule has 2 rings (SSSR count). The van der Waals surface area contributed by atoms with E-state index in [0.717, 1.165) is 17.9 Å². The van der Waals surface area contributed by atoms with Gasteiger partial charge < -0.3 is 14.2 Å². The summed E-state index contributed by atoms with van der Waals surface area (Å²) in [5, 5.41) is 0. The molecule has 0 saturated carbocycles. The maximum absolute atomic E-state index is 5.80. The van der Waals surface area contributed by atoms with E-state index in [1.165, 1.54) is 0 Å². The van der Waals surface area contributed by atoms with Gasteiger partial charge in [-0.2, -0.15) is 0 Å². The van der Waals surface area contributed by atoms with Crippen molar-refractivity contribution in [2.24, 2.45) is 5.41 Å². The van der Waals surface area contributed by atoms with Crippen LogP contribution < -0.4 is 4.74 Å². The molecule has 0 aliphatic heterocycles. The van der Waals surface area contributed by atoms with Crippen LogP contribution in [0, 0.1) is 5.41 Å². The van der Waals surface area contributed by atoms with Gasteiger partial charge in [0.2, 0.25) is 0 Å². The van der Waals surface area contributed by atoms with Crippen LogP contribution in [0.25, 0.3) is 0 Å². The van der Waals surface area contributed by atoms with E-state index in [1.54, 1.807) is 14.2 Å². The quantitative estimate of drug-likeness (QED) is 0.786. The molecule has 102 valence electrons. The smallest absolute Gasteiger partial charge is 0.127 e. The number of para-hydroxylation sites is 1. The Morgan fingerprint density at radius 3 is 2.26 bits per heavy atom. The molecule has 0 unspecified atom stereocenters. The van der Waals surface area contributed by atoms with Crippen LogP contribution in [0.4, 0.5) is 0 Å². The normalized spacial score (nSPS) is 17.1. The molecule has 0 atom stereocenters. The van der Waals surface area contributed by atoms with Gasteiger partial charge in [-0.3, -0.25) is 0 Å². The highest BCUT2D eigenvalue weighted by molar-refractivity contribution is 5.29. The molecule has 0 fully saturated rings. The van der Waals surface area contributed by atoms with Crippen molar-refractivity contribution < 1.29 is 14.2 Å². The van der Waals surface area contributed by atoms with Gasteiger partial charge in [-0.15, -0.1) is 0 Å². The lowest BCUT2D eigenvalue weighted by Gasteiger charge is -2.30. The van der Waals surface area contributed by atoms with Crippen molar-refractivity contribution in [3.8, 4) is 5.75 Å². The van der Waals surface area contributed by atoms with Crippen molar-refractivity contribution in [2.45, 2.75) is 6.42 Å². The summed E-state index contributed by atoms with van der Waals surface area (Å²) in [6, 6.07) is 9.78. The highest BCUT2D eigenvalue weighted by atomic mass is 16.5. The van der Waals surface area contributed by atoms with E-state index in [4.69, 9.17) is 14.2 Å². The number of ether oxygens (including phenoxy) is 3. The molecule has 3 heteroatoms. The van der Waals surface area contributed by atoms with Gasteiger partial charge >= 0.3 is 0 Å². The lowest BCUT2D eigenvalue weighted by atomic mass is 9.83. The second-order valence-corrected chi connectivity index (χ2v) is 4.79. The van der Waals surface area contributed by atoms with Crippen molar-refractivity contribution >= 4 is 0 Å². The monoisotopic (exact) mass is 260 g/mol. The number of benzene rings is 1. The van der Waals surface area contributed by atoms with Gasteiger partial charge in [0.25, 0.3) is 0 Å². The molecule has 19 heavy (non-hydrogen) atoms. The Balaban J connectivity index is 2.01. The van der Waals surface area contributed by atoms with Crippen molar-refractivity contribution in [1.82, 2.24) is 0 Å². The number of hydrogen-bond acceptors (Lipinski definition) is 3. The Morgan fingerprint density at radius 1 is 1.05 bits per heavy atom. The van der Waals surface area contributed by atoms with Crippen LogP contribution in [0.1, 0.15) is 6.42 Å². The molecule has 0 aromatic heterocycles. The zero-order chi connectivity index (χ0) is 13.6. The van der Waals surface area contributed by atoms with E-state index in [0.29, 0.717) is 13.2 Å². The minimum atomic E-state index is -0.0763. The van der Waals surface area contributed by atoms with Gasteiger partial charge in [-0.25, -0.2) is 0 Å². The first-order valence-corrected chi connectivity index (χ1v) is 6.38. The number of rotatable bonds is 6. The molecule has 0 bridgehead atoms. The van der Waals surface area contributed by atoms with Gasteiger partial charge in [-0.05, 0) is 30.7 Å². The molecule has 0 N–H and O–H groups in total. The Labute approximate surface area is 114 Å². The Bertz CT molecular complexity index is 442. The van der Waals surface area contributed by atoms with E-state index in [9.17, 15) is 0 Å². The van der Waals surface area contributed by atoms with Crippen LogP contribution in [0.2, 0.25) is 0 Å². The molecule has 3 nitrogen and oxygen atoms in total. The molecule has 0 spiro atoms. The average molecular weight is 260 g/mol. The SMILES string of the molecule is COCC1(COC)C=CC(Oc2ccccc2)=CC1. The summed E-state index contributed by atoms with van der Waals surface area (Å²) in [7, 11) is 3.43. The highest BCUT2D eigenvalue weighted by Gasteiger charge is 2.29. The highest BCUT2D eigenvalue weighted by Crippen LogP contribution is 2.31. The summed E-state index contributed by atoms with van der Waals surface area (Å²) in [6.45, 7) is 1.29. The van der Waals surface area contributed by atoms with Gasteiger partial charge in [0.15, 0.2) is 0 Å². The lowest BCUT2D eigenvalue weighted by Crippen LogP contribution is -2.30. The predicted octanol–water partition coefficient (Wildman–Crippen LogP) is 3.19. The Kier molecular flexibility index (Phi) is 4.77. The van der Waals surface area contributed by atoms with Crippen LogP contribution in [-0.2, 0) is 9.47 Å². The molecule has 0 saturated heterocycles. The van der Waals surface area contributed by atoms with Crippen molar-refractivity contribution in [3.63, 3.8) is 0 Å². The Morgan fingerprint density at radius 2 is 1.74 bits per heavy atom. The molecule has 1 aliphatic carbocycles. The minimum absolute atomic E-state index is 0.0763. The third-order valence-electron chi connectivity index (χ3n) is 3.15. The maximum atomic E-state index is 5.80. The fourth-order valence-corrected chi connectivity index (χ4v) is 2.23. The summed E-state index contributed by atoms with van der Waals surface area (Å²) < 4.78 is 16.4. The molecule has 0 radical (unpaired) electrons. The summed E-state index contributed by atoms with van der Waals surface area (Å²) in [5.74, 6) is 1.72. The van der Waals surface area contributed by atoms with Crippen molar-refractivity contribution in [1.29, 1.82) is 0 Å². The van der Waals surface area contributed by atoms with Crippen LogP contribution >= 0.6 is 0 Å². The summed E-state index contributed by atoms with van der Waals surface area (Å²) in [5.41, 5.74) is -0.0763. The lowest BCUT2D eigenvalue weighted by molar-refractivity contribution is 0.0408. The molecule has 0 heterocycles. The standard InChI is InChI=1S/C16H20O3/c1-17-12-16(13-18-2)10-8-15(9-11-16)19-14-6-4-3-5-7-14/h3-10H,11-13H2,1-2H3.